The van der Waals surface area contributed by atoms with Crippen molar-refractivity contribution in [1.29, 1.82) is 0 Å². The minimum Gasteiger partial charge on any atom is -0.457 e. The number of benzene rings is 1. The third kappa shape index (κ3) is 7.75. The number of pyridine rings is 1. The lowest BCUT2D eigenvalue weighted by Gasteiger charge is -2.35. The molecule has 4 atom stereocenters. The molecular weight excluding hydrogens is 510 g/mol. The Labute approximate surface area is 235 Å². The zero-order valence-electron chi connectivity index (χ0n) is 23.6. The maximum atomic E-state index is 13.1. The number of ether oxygens (including phenoxy) is 1. The van der Waals surface area contributed by atoms with Crippen LogP contribution in [0, 0.1) is 5.92 Å². The molecule has 2 aromatic rings. The van der Waals surface area contributed by atoms with Gasteiger partial charge < -0.3 is 15.4 Å². The number of carbonyl (C=O) groups is 4. The number of aromatic nitrogens is 1. The Balaban J connectivity index is 1.59. The highest BCUT2D eigenvalue weighted by Gasteiger charge is 2.33. The fraction of sp³-hybridized carbons (Fsp3) is 0.433. The molecule has 1 saturated heterocycles. The van der Waals surface area contributed by atoms with Gasteiger partial charge in [0, 0.05) is 24.5 Å². The normalized spacial score (nSPS) is 17.4. The first-order valence-electron chi connectivity index (χ1n) is 13.5. The summed E-state index contributed by atoms with van der Waals surface area (Å²) in [6.45, 7) is 14.7. The highest BCUT2D eigenvalue weighted by atomic mass is 16.5. The minimum atomic E-state index is -0.876. The van der Waals surface area contributed by atoms with Gasteiger partial charge in [0.1, 0.15) is 24.2 Å². The summed E-state index contributed by atoms with van der Waals surface area (Å²) in [7, 11) is 0. The molecule has 214 valence electrons. The molecule has 0 radical (unpaired) electrons. The molecule has 0 aliphatic carbocycles. The van der Waals surface area contributed by atoms with Gasteiger partial charge >= 0.3 is 5.97 Å². The monoisotopic (exact) mass is 549 g/mol. The maximum absolute atomic E-state index is 13.1. The average Bonchev–Trinajstić information content (AvgIpc) is 2.94. The van der Waals surface area contributed by atoms with Crippen molar-refractivity contribution in [3.63, 3.8) is 0 Å². The van der Waals surface area contributed by atoms with E-state index in [9.17, 15) is 19.2 Å². The Morgan fingerprint density at radius 2 is 1.88 bits per heavy atom. The molecule has 40 heavy (non-hydrogen) atoms. The Morgan fingerprint density at radius 3 is 2.55 bits per heavy atom. The predicted molar refractivity (Wildman–Crippen MR) is 153 cm³/mol. The standard InChI is InChI=1S/C30H39N5O5/c1-7-10-26(36)33-27(18(3)4)28(37)32-19(5)29(38)35-14-9-11-25(34-35)30(39)40-20(6)21-12-13-22-17-31-24(8-2)16-23(22)15-21/h7-8,12-13,15-20,25,27,34H,1-2,9-11,14H2,3-6H3,(H,32,37)(H,33,36)/t19-,20+,25-,27-/m0/s1. The molecule has 1 aliphatic rings. The van der Waals surface area contributed by atoms with E-state index in [0.717, 1.165) is 22.0 Å². The molecule has 10 heteroatoms. The highest BCUT2D eigenvalue weighted by molar-refractivity contribution is 5.92. The zero-order valence-corrected chi connectivity index (χ0v) is 23.6. The van der Waals surface area contributed by atoms with Crippen molar-refractivity contribution in [3.05, 3.63) is 61.0 Å². The number of hydrogen-bond donors (Lipinski definition) is 3. The number of carbonyl (C=O) groups excluding carboxylic acids is 4. The minimum absolute atomic E-state index is 0.0906. The lowest BCUT2D eigenvalue weighted by molar-refractivity contribution is -0.157. The molecular formula is C30H39N5O5. The summed E-state index contributed by atoms with van der Waals surface area (Å²) in [5.41, 5.74) is 4.56. The zero-order chi connectivity index (χ0) is 29.4. The second-order valence-corrected chi connectivity index (χ2v) is 10.3. The number of esters is 1. The molecule has 0 unspecified atom stereocenters. The maximum Gasteiger partial charge on any atom is 0.325 e. The van der Waals surface area contributed by atoms with Crippen molar-refractivity contribution >= 4 is 40.5 Å². The van der Waals surface area contributed by atoms with Crippen molar-refractivity contribution in [1.82, 2.24) is 26.1 Å². The van der Waals surface area contributed by atoms with Crippen LogP contribution in [-0.4, -0.2) is 58.4 Å². The van der Waals surface area contributed by atoms with E-state index < -0.39 is 36.1 Å². The molecule has 0 bridgehead atoms. The molecule has 3 N–H and O–H groups in total. The van der Waals surface area contributed by atoms with Gasteiger partial charge in [-0.25, -0.2) is 5.43 Å². The molecule has 1 fully saturated rings. The third-order valence-corrected chi connectivity index (χ3v) is 6.80. The van der Waals surface area contributed by atoms with Crippen LogP contribution < -0.4 is 16.1 Å². The first kappa shape index (κ1) is 30.5. The van der Waals surface area contributed by atoms with E-state index >= 15 is 0 Å². The van der Waals surface area contributed by atoms with E-state index in [1.54, 1.807) is 26.1 Å². The SMILES string of the molecule is C=CCC(=O)N[C@H](C(=O)N[C@@H](C)C(=O)N1CCC[C@@H](C(=O)O[C@H](C)c2ccc3cnc(C=C)cc3c2)N1)C(C)C. The van der Waals surface area contributed by atoms with Crippen molar-refractivity contribution in [2.24, 2.45) is 5.92 Å². The first-order chi connectivity index (χ1) is 19.0. The predicted octanol–water partition coefficient (Wildman–Crippen LogP) is 3.20. The molecule has 0 spiro atoms. The van der Waals surface area contributed by atoms with Gasteiger partial charge in [-0.2, -0.15) is 0 Å². The fourth-order valence-corrected chi connectivity index (χ4v) is 4.48. The molecule has 10 nitrogen and oxygen atoms in total. The largest absolute Gasteiger partial charge is 0.457 e. The van der Waals surface area contributed by atoms with Gasteiger partial charge in [-0.05, 0) is 61.8 Å². The van der Waals surface area contributed by atoms with Crippen LogP contribution in [0.15, 0.2) is 49.7 Å². The topological polar surface area (TPSA) is 130 Å². The molecule has 3 rings (SSSR count). The van der Waals surface area contributed by atoms with Gasteiger partial charge in [-0.3, -0.25) is 29.2 Å². The summed E-state index contributed by atoms with van der Waals surface area (Å²) in [4.78, 5) is 55.3. The van der Waals surface area contributed by atoms with Gasteiger partial charge in [0.15, 0.2) is 0 Å². The lowest BCUT2D eigenvalue weighted by Crippen LogP contribution is -2.61. The Hall–Kier alpha value is -4.05. The molecule has 1 aliphatic heterocycles. The van der Waals surface area contributed by atoms with Crippen LogP contribution in [0.3, 0.4) is 0 Å². The van der Waals surface area contributed by atoms with Gasteiger partial charge in [0.05, 0.1) is 5.69 Å². The summed E-state index contributed by atoms with van der Waals surface area (Å²) >= 11 is 0. The average molecular weight is 550 g/mol. The molecule has 1 aromatic heterocycles. The summed E-state index contributed by atoms with van der Waals surface area (Å²) in [6.07, 6.45) is 5.59. The highest BCUT2D eigenvalue weighted by Crippen LogP contribution is 2.24. The number of rotatable bonds is 11. The Kier molecular flexibility index (Phi) is 10.6. The summed E-state index contributed by atoms with van der Waals surface area (Å²) in [6, 6.07) is 5.33. The van der Waals surface area contributed by atoms with E-state index in [0.29, 0.717) is 19.4 Å². The number of nitrogens with one attached hydrogen (secondary N) is 3. The summed E-state index contributed by atoms with van der Waals surface area (Å²) in [5, 5.41) is 8.66. The van der Waals surface area contributed by atoms with Crippen LogP contribution in [0.5, 0.6) is 0 Å². The molecule has 2 heterocycles. The van der Waals surface area contributed by atoms with Crippen LogP contribution in [0.2, 0.25) is 0 Å². The second kappa shape index (κ2) is 13.8. The van der Waals surface area contributed by atoms with Gasteiger partial charge in [0.25, 0.3) is 5.91 Å². The van der Waals surface area contributed by atoms with Gasteiger partial charge in [-0.15, -0.1) is 6.58 Å². The number of hydrazine groups is 1. The quantitative estimate of drug-likeness (QED) is 0.290. The van der Waals surface area contributed by atoms with Crippen LogP contribution in [0.1, 0.15) is 64.3 Å². The number of hydrogen-bond acceptors (Lipinski definition) is 7. The second-order valence-electron chi connectivity index (χ2n) is 10.3. The molecule has 0 saturated carbocycles. The van der Waals surface area contributed by atoms with Gasteiger partial charge in [0.2, 0.25) is 11.8 Å². The van der Waals surface area contributed by atoms with Crippen molar-refractivity contribution < 1.29 is 23.9 Å². The number of amides is 3. The van der Waals surface area contributed by atoms with Crippen molar-refractivity contribution in [2.75, 3.05) is 6.54 Å². The molecule has 3 amide bonds. The smallest absolute Gasteiger partial charge is 0.325 e. The van der Waals surface area contributed by atoms with Crippen molar-refractivity contribution in [2.45, 2.75) is 71.2 Å². The van der Waals surface area contributed by atoms with E-state index in [1.165, 1.54) is 11.1 Å². The van der Waals surface area contributed by atoms with E-state index in [-0.39, 0.29) is 24.2 Å². The first-order valence-corrected chi connectivity index (χ1v) is 13.5. The van der Waals surface area contributed by atoms with E-state index in [2.05, 4.69) is 34.2 Å². The summed E-state index contributed by atoms with van der Waals surface area (Å²) < 4.78 is 5.76. The number of nitrogens with zero attached hydrogens (tertiary/aromatic N) is 2. The third-order valence-electron chi connectivity index (χ3n) is 6.80. The lowest BCUT2D eigenvalue weighted by atomic mass is 10.0. The van der Waals surface area contributed by atoms with Crippen molar-refractivity contribution in [3.8, 4) is 0 Å². The van der Waals surface area contributed by atoms with Crippen LogP contribution in [-0.2, 0) is 23.9 Å². The Bertz CT molecular complexity index is 1280. The van der Waals surface area contributed by atoms with E-state index in [1.807, 2.05) is 38.1 Å². The molecule has 1 aromatic carbocycles. The number of fused-ring (bicyclic) bond motifs is 1. The fourth-order valence-electron chi connectivity index (χ4n) is 4.48. The van der Waals surface area contributed by atoms with E-state index in [4.69, 9.17) is 4.74 Å². The van der Waals surface area contributed by atoms with Gasteiger partial charge in [-0.1, -0.05) is 38.6 Å². The van der Waals surface area contributed by atoms with Crippen LogP contribution in [0.4, 0.5) is 0 Å². The van der Waals surface area contributed by atoms with Crippen LogP contribution >= 0.6 is 0 Å². The van der Waals surface area contributed by atoms with Crippen LogP contribution in [0.25, 0.3) is 16.8 Å². The Morgan fingerprint density at radius 1 is 1.12 bits per heavy atom. The summed E-state index contributed by atoms with van der Waals surface area (Å²) in [5.74, 6) is -1.82.